The van der Waals surface area contributed by atoms with Gasteiger partial charge in [0.1, 0.15) is 11.4 Å². The number of benzene rings is 1. The van der Waals surface area contributed by atoms with E-state index in [1.165, 1.54) is 5.56 Å². The number of carbonyl (C=O) groups excluding carboxylic acids is 1. The van der Waals surface area contributed by atoms with E-state index in [2.05, 4.69) is 5.32 Å². The molecule has 1 aromatic rings. The Morgan fingerprint density at radius 3 is 2.89 bits per heavy atom. The minimum Gasteiger partial charge on any atom is -0.482 e. The van der Waals surface area contributed by atoms with Crippen LogP contribution in [0, 0.1) is 0 Å². The van der Waals surface area contributed by atoms with Crippen molar-refractivity contribution in [3.8, 4) is 5.75 Å². The molecule has 0 saturated heterocycles. The summed E-state index contributed by atoms with van der Waals surface area (Å²) >= 11 is 0. The van der Waals surface area contributed by atoms with Crippen molar-refractivity contribution >= 4 is 11.7 Å². The molecular formula is C15H21NO3. The van der Waals surface area contributed by atoms with Gasteiger partial charge in [0, 0.05) is 12.2 Å². The van der Waals surface area contributed by atoms with Crippen molar-refractivity contribution in [2.24, 2.45) is 0 Å². The molecule has 4 nitrogen and oxygen atoms in total. The summed E-state index contributed by atoms with van der Waals surface area (Å²) in [6.45, 7) is 6.50. The van der Waals surface area contributed by atoms with Crippen molar-refractivity contribution in [1.82, 2.24) is 0 Å². The maximum Gasteiger partial charge on any atom is 0.344 e. The molecule has 0 aliphatic carbocycles. The molecule has 0 fully saturated rings. The Hall–Kier alpha value is -1.71. The van der Waals surface area contributed by atoms with Crippen molar-refractivity contribution in [3.63, 3.8) is 0 Å². The zero-order valence-corrected chi connectivity index (χ0v) is 11.8. The lowest BCUT2D eigenvalue weighted by Gasteiger charge is -2.20. The van der Waals surface area contributed by atoms with Crippen LogP contribution in [0.5, 0.6) is 5.75 Å². The standard InChI is InChI=1S/C15H21NO3/c1-15(2,3)19-14(17)10-18-12-6-7-13-11(9-12)5-4-8-16-13/h6-7,9,16H,4-5,8,10H2,1-3H3. The zero-order valence-electron chi connectivity index (χ0n) is 11.8. The molecule has 0 amide bonds. The second-order valence-corrected chi connectivity index (χ2v) is 5.72. The number of carbonyl (C=O) groups is 1. The second kappa shape index (κ2) is 5.51. The van der Waals surface area contributed by atoms with Crippen LogP contribution in [0.4, 0.5) is 5.69 Å². The topological polar surface area (TPSA) is 47.6 Å². The lowest BCUT2D eigenvalue weighted by Crippen LogP contribution is -2.27. The van der Waals surface area contributed by atoms with Gasteiger partial charge < -0.3 is 14.8 Å². The van der Waals surface area contributed by atoms with Gasteiger partial charge in [-0.15, -0.1) is 0 Å². The quantitative estimate of drug-likeness (QED) is 0.852. The molecule has 1 N–H and O–H groups in total. The number of rotatable bonds is 3. The highest BCUT2D eigenvalue weighted by Gasteiger charge is 2.17. The van der Waals surface area contributed by atoms with Crippen molar-refractivity contribution in [2.45, 2.75) is 39.2 Å². The SMILES string of the molecule is CC(C)(C)OC(=O)COc1ccc2c(c1)CCCN2. The van der Waals surface area contributed by atoms with Crippen LogP contribution in [0.15, 0.2) is 18.2 Å². The molecule has 1 aromatic carbocycles. The largest absolute Gasteiger partial charge is 0.482 e. The lowest BCUT2D eigenvalue weighted by molar-refractivity contribution is -0.157. The Kier molecular flexibility index (Phi) is 3.98. The molecule has 0 unspecified atom stereocenters. The van der Waals surface area contributed by atoms with E-state index in [1.807, 2.05) is 39.0 Å². The molecule has 0 aromatic heterocycles. The first-order chi connectivity index (χ1) is 8.94. The first-order valence-corrected chi connectivity index (χ1v) is 6.65. The van der Waals surface area contributed by atoms with E-state index in [0.717, 1.165) is 25.1 Å². The Bertz CT molecular complexity index is 463. The molecule has 0 bridgehead atoms. The predicted octanol–water partition coefficient (Wildman–Crippen LogP) is 2.77. The van der Waals surface area contributed by atoms with Crippen LogP contribution < -0.4 is 10.1 Å². The van der Waals surface area contributed by atoms with Gasteiger partial charge in [0.2, 0.25) is 0 Å². The smallest absolute Gasteiger partial charge is 0.344 e. The second-order valence-electron chi connectivity index (χ2n) is 5.72. The number of hydrogen-bond acceptors (Lipinski definition) is 4. The van der Waals surface area contributed by atoms with E-state index in [1.54, 1.807) is 0 Å². The minimum atomic E-state index is -0.472. The van der Waals surface area contributed by atoms with Gasteiger partial charge in [0.05, 0.1) is 0 Å². The summed E-state index contributed by atoms with van der Waals surface area (Å²) in [6, 6.07) is 5.87. The van der Waals surface area contributed by atoms with Crippen LogP contribution in [0.25, 0.3) is 0 Å². The molecule has 1 heterocycles. The Labute approximate surface area is 114 Å². The third-order valence-electron chi connectivity index (χ3n) is 2.79. The molecule has 0 spiro atoms. The van der Waals surface area contributed by atoms with E-state index in [4.69, 9.17) is 9.47 Å². The van der Waals surface area contributed by atoms with Crippen LogP contribution >= 0.6 is 0 Å². The van der Waals surface area contributed by atoms with E-state index >= 15 is 0 Å². The maximum atomic E-state index is 11.6. The number of hydrogen-bond donors (Lipinski definition) is 1. The van der Waals surface area contributed by atoms with Crippen LogP contribution in [-0.4, -0.2) is 24.7 Å². The summed E-state index contributed by atoms with van der Waals surface area (Å²) in [7, 11) is 0. The number of aryl methyl sites for hydroxylation is 1. The first kappa shape index (κ1) is 13.7. The average molecular weight is 263 g/mol. The fourth-order valence-corrected chi connectivity index (χ4v) is 2.05. The molecule has 0 atom stereocenters. The van der Waals surface area contributed by atoms with Gasteiger partial charge >= 0.3 is 5.97 Å². The van der Waals surface area contributed by atoms with Crippen molar-refractivity contribution in [3.05, 3.63) is 23.8 Å². The van der Waals surface area contributed by atoms with Gasteiger partial charge in [-0.25, -0.2) is 4.79 Å². The van der Waals surface area contributed by atoms with Crippen molar-refractivity contribution in [2.75, 3.05) is 18.5 Å². The van der Waals surface area contributed by atoms with E-state index in [0.29, 0.717) is 5.75 Å². The maximum absolute atomic E-state index is 11.6. The Morgan fingerprint density at radius 2 is 2.16 bits per heavy atom. The number of esters is 1. The third-order valence-corrected chi connectivity index (χ3v) is 2.79. The highest BCUT2D eigenvalue weighted by molar-refractivity contribution is 5.71. The van der Waals surface area contributed by atoms with E-state index < -0.39 is 5.60 Å². The van der Waals surface area contributed by atoms with Gasteiger partial charge in [0.15, 0.2) is 6.61 Å². The molecule has 104 valence electrons. The molecule has 2 rings (SSSR count). The molecule has 19 heavy (non-hydrogen) atoms. The fraction of sp³-hybridized carbons (Fsp3) is 0.533. The van der Waals surface area contributed by atoms with Gasteiger partial charge in [-0.3, -0.25) is 0 Å². The van der Waals surface area contributed by atoms with Gasteiger partial charge in [0.25, 0.3) is 0 Å². The monoisotopic (exact) mass is 263 g/mol. The summed E-state index contributed by atoms with van der Waals surface area (Å²) in [5.41, 5.74) is 1.93. The normalized spacial score (nSPS) is 14.3. The van der Waals surface area contributed by atoms with Crippen LogP contribution in [0.3, 0.4) is 0 Å². The summed E-state index contributed by atoms with van der Waals surface area (Å²) in [5, 5.41) is 3.34. The first-order valence-electron chi connectivity index (χ1n) is 6.65. The average Bonchev–Trinajstić information content (AvgIpc) is 2.34. The number of ether oxygens (including phenoxy) is 2. The van der Waals surface area contributed by atoms with Gasteiger partial charge in [-0.2, -0.15) is 0 Å². The molecule has 0 saturated carbocycles. The van der Waals surface area contributed by atoms with Crippen molar-refractivity contribution in [1.29, 1.82) is 0 Å². The van der Waals surface area contributed by atoms with E-state index in [9.17, 15) is 4.79 Å². The minimum absolute atomic E-state index is 0.0521. The Morgan fingerprint density at radius 1 is 1.37 bits per heavy atom. The zero-order chi connectivity index (χ0) is 13.9. The third kappa shape index (κ3) is 4.16. The van der Waals surface area contributed by atoms with Crippen LogP contribution in [0.2, 0.25) is 0 Å². The van der Waals surface area contributed by atoms with E-state index in [-0.39, 0.29) is 12.6 Å². The molecule has 4 heteroatoms. The van der Waals surface area contributed by atoms with Gasteiger partial charge in [-0.1, -0.05) is 0 Å². The summed E-state index contributed by atoms with van der Waals surface area (Å²) in [5.74, 6) is 0.372. The molecular weight excluding hydrogens is 242 g/mol. The van der Waals surface area contributed by atoms with Crippen LogP contribution in [-0.2, 0) is 16.0 Å². The highest BCUT2D eigenvalue weighted by Crippen LogP contribution is 2.26. The summed E-state index contributed by atoms with van der Waals surface area (Å²) in [4.78, 5) is 11.6. The number of anilines is 1. The van der Waals surface area contributed by atoms with Crippen LogP contribution in [0.1, 0.15) is 32.8 Å². The highest BCUT2D eigenvalue weighted by atomic mass is 16.6. The number of nitrogens with one attached hydrogen (secondary N) is 1. The van der Waals surface area contributed by atoms with Crippen molar-refractivity contribution < 1.29 is 14.3 Å². The molecule has 1 aliphatic heterocycles. The van der Waals surface area contributed by atoms with Gasteiger partial charge in [-0.05, 0) is 57.4 Å². The predicted molar refractivity (Wildman–Crippen MR) is 74.6 cm³/mol. The number of fused-ring (bicyclic) bond motifs is 1. The Balaban J connectivity index is 1.91. The molecule has 0 radical (unpaired) electrons. The fourth-order valence-electron chi connectivity index (χ4n) is 2.05. The molecule has 1 aliphatic rings. The lowest BCUT2D eigenvalue weighted by atomic mass is 10.0. The summed E-state index contributed by atoms with van der Waals surface area (Å²) < 4.78 is 10.7. The summed E-state index contributed by atoms with van der Waals surface area (Å²) in [6.07, 6.45) is 2.18.